The molecule has 0 bridgehead atoms. The lowest BCUT2D eigenvalue weighted by molar-refractivity contribution is -0.120. The molecule has 1 fully saturated rings. The lowest BCUT2D eigenvalue weighted by Crippen LogP contribution is -2.39. The maximum Gasteiger partial charge on any atom is 0.238 e. The van der Waals surface area contributed by atoms with Gasteiger partial charge in [0.15, 0.2) is 0 Å². The van der Waals surface area contributed by atoms with Crippen molar-refractivity contribution in [3.8, 4) is 0 Å². The van der Waals surface area contributed by atoms with Gasteiger partial charge in [-0.15, -0.1) is 0 Å². The Hall–Kier alpha value is -1.48. The predicted octanol–water partition coefficient (Wildman–Crippen LogP) is -0.185. The second-order valence-electron chi connectivity index (χ2n) is 5.00. The molecule has 2 unspecified atom stereocenters. The van der Waals surface area contributed by atoms with Crippen LogP contribution in [0.3, 0.4) is 0 Å². The molecule has 0 aromatic heterocycles. The number of nitrogens with one attached hydrogen (secondary N) is 2. The SMILES string of the molecule is CNC1COCC1C(=O)Nc1cccc(S(N)(=O)=O)c1C. The van der Waals surface area contributed by atoms with Crippen LogP contribution in [0.2, 0.25) is 0 Å². The molecule has 2 atom stereocenters. The molecule has 0 saturated carbocycles. The summed E-state index contributed by atoms with van der Waals surface area (Å²) in [6, 6.07) is 4.55. The fraction of sp³-hybridized carbons (Fsp3) is 0.462. The highest BCUT2D eigenvalue weighted by Gasteiger charge is 2.33. The lowest BCUT2D eigenvalue weighted by atomic mass is 10.0. The molecule has 1 aromatic rings. The van der Waals surface area contributed by atoms with Crippen LogP contribution < -0.4 is 15.8 Å². The number of carbonyl (C=O) groups is 1. The molecule has 8 heteroatoms. The van der Waals surface area contributed by atoms with Crippen molar-refractivity contribution in [1.29, 1.82) is 0 Å². The summed E-state index contributed by atoms with van der Waals surface area (Å²) in [7, 11) is -2.04. The van der Waals surface area contributed by atoms with E-state index in [0.29, 0.717) is 24.5 Å². The molecule has 1 aliphatic heterocycles. The zero-order valence-corrected chi connectivity index (χ0v) is 12.7. The molecule has 0 spiro atoms. The number of benzene rings is 1. The first-order chi connectivity index (χ1) is 9.84. The predicted molar refractivity (Wildman–Crippen MR) is 78.3 cm³/mol. The van der Waals surface area contributed by atoms with Crippen LogP contribution in [0.15, 0.2) is 23.1 Å². The molecule has 0 aliphatic carbocycles. The Morgan fingerprint density at radius 1 is 1.38 bits per heavy atom. The van der Waals surface area contributed by atoms with Crippen LogP contribution in [-0.2, 0) is 19.6 Å². The van der Waals surface area contributed by atoms with Crippen LogP contribution in [0.5, 0.6) is 0 Å². The van der Waals surface area contributed by atoms with Crippen LogP contribution in [0.4, 0.5) is 5.69 Å². The van der Waals surface area contributed by atoms with Crippen molar-refractivity contribution in [2.75, 3.05) is 25.6 Å². The number of anilines is 1. The van der Waals surface area contributed by atoms with Crippen molar-refractivity contribution in [2.45, 2.75) is 17.9 Å². The fourth-order valence-corrected chi connectivity index (χ4v) is 3.19. The highest BCUT2D eigenvalue weighted by molar-refractivity contribution is 7.89. The van der Waals surface area contributed by atoms with E-state index in [9.17, 15) is 13.2 Å². The number of carbonyl (C=O) groups excluding carboxylic acids is 1. The van der Waals surface area contributed by atoms with Gasteiger partial charge in [0.2, 0.25) is 15.9 Å². The molecule has 1 saturated heterocycles. The highest BCUT2D eigenvalue weighted by atomic mass is 32.2. The summed E-state index contributed by atoms with van der Waals surface area (Å²) in [5.74, 6) is -0.519. The normalized spacial score (nSPS) is 22.2. The summed E-state index contributed by atoms with van der Waals surface area (Å²) in [5.41, 5.74) is 0.863. The van der Waals surface area contributed by atoms with E-state index in [0.717, 1.165) is 0 Å². The third-order valence-corrected chi connectivity index (χ3v) is 4.69. The first-order valence-corrected chi connectivity index (χ1v) is 8.07. The standard InChI is InChI=1S/C13H19N3O4S/c1-8-10(4-3-5-12(8)21(14,18)19)16-13(17)9-6-20-7-11(9)15-2/h3-5,9,11,15H,6-7H2,1-2H3,(H,16,17)(H2,14,18,19). The minimum absolute atomic E-state index is 0.00754. The Balaban J connectivity index is 2.22. The summed E-state index contributed by atoms with van der Waals surface area (Å²) >= 11 is 0. The van der Waals surface area contributed by atoms with Gasteiger partial charge in [-0.1, -0.05) is 6.07 Å². The smallest absolute Gasteiger partial charge is 0.238 e. The van der Waals surface area contributed by atoms with E-state index < -0.39 is 10.0 Å². The van der Waals surface area contributed by atoms with E-state index in [4.69, 9.17) is 9.88 Å². The Kier molecular flexibility index (Phi) is 4.62. The zero-order valence-electron chi connectivity index (χ0n) is 11.9. The van der Waals surface area contributed by atoms with Gasteiger partial charge in [-0.2, -0.15) is 0 Å². The van der Waals surface area contributed by atoms with Gasteiger partial charge >= 0.3 is 0 Å². The number of rotatable bonds is 4. The van der Waals surface area contributed by atoms with Crippen molar-refractivity contribution in [3.63, 3.8) is 0 Å². The van der Waals surface area contributed by atoms with E-state index in [1.165, 1.54) is 6.07 Å². The summed E-state index contributed by atoms with van der Waals surface area (Å²) in [4.78, 5) is 12.3. The fourth-order valence-electron chi connectivity index (χ4n) is 2.38. The topological polar surface area (TPSA) is 111 Å². The lowest BCUT2D eigenvalue weighted by Gasteiger charge is -2.18. The van der Waals surface area contributed by atoms with Gasteiger partial charge in [0.05, 0.1) is 24.0 Å². The van der Waals surface area contributed by atoms with Crippen molar-refractivity contribution >= 4 is 21.6 Å². The van der Waals surface area contributed by atoms with E-state index in [1.54, 1.807) is 26.1 Å². The van der Waals surface area contributed by atoms with E-state index in [2.05, 4.69) is 10.6 Å². The number of likely N-dealkylation sites (N-methyl/N-ethyl adjacent to an activating group) is 1. The van der Waals surface area contributed by atoms with E-state index >= 15 is 0 Å². The first-order valence-electron chi connectivity index (χ1n) is 6.53. The van der Waals surface area contributed by atoms with Crippen LogP contribution in [0.1, 0.15) is 5.56 Å². The van der Waals surface area contributed by atoms with Crippen molar-refractivity contribution in [2.24, 2.45) is 11.1 Å². The second kappa shape index (κ2) is 6.10. The van der Waals surface area contributed by atoms with Gasteiger partial charge in [-0.25, -0.2) is 13.6 Å². The molecule has 1 heterocycles. The maximum atomic E-state index is 12.3. The quantitative estimate of drug-likeness (QED) is 0.714. The van der Waals surface area contributed by atoms with Crippen molar-refractivity contribution < 1.29 is 17.9 Å². The van der Waals surface area contributed by atoms with Gasteiger partial charge in [0.1, 0.15) is 0 Å². The second-order valence-corrected chi connectivity index (χ2v) is 6.53. The van der Waals surface area contributed by atoms with Crippen LogP contribution in [0, 0.1) is 12.8 Å². The van der Waals surface area contributed by atoms with Gasteiger partial charge < -0.3 is 15.4 Å². The number of amides is 1. The third-order valence-electron chi connectivity index (χ3n) is 3.64. The molecule has 4 N–H and O–H groups in total. The van der Waals surface area contributed by atoms with Crippen LogP contribution in [-0.4, -0.2) is 40.6 Å². The Morgan fingerprint density at radius 2 is 2.10 bits per heavy atom. The van der Waals surface area contributed by atoms with Gasteiger partial charge in [-0.3, -0.25) is 4.79 Å². The first kappa shape index (κ1) is 15.9. The monoisotopic (exact) mass is 313 g/mol. The summed E-state index contributed by atoms with van der Waals surface area (Å²) < 4.78 is 28.3. The third kappa shape index (κ3) is 3.41. The Labute approximate surface area is 123 Å². The molecule has 7 nitrogen and oxygen atoms in total. The number of nitrogens with two attached hydrogens (primary N) is 1. The molecule has 1 amide bonds. The summed E-state index contributed by atoms with van der Waals surface area (Å²) in [6.07, 6.45) is 0. The summed E-state index contributed by atoms with van der Waals surface area (Å²) in [6.45, 7) is 2.42. The Bertz CT molecular complexity index is 645. The molecule has 116 valence electrons. The maximum absolute atomic E-state index is 12.3. The minimum Gasteiger partial charge on any atom is -0.379 e. The van der Waals surface area contributed by atoms with Crippen LogP contribution in [0.25, 0.3) is 0 Å². The Morgan fingerprint density at radius 3 is 2.71 bits per heavy atom. The minimum atomic E-state index is -3.81. The van der Waals surface area contributed by atoms with Crippen molar-refractivity contribution in [1.82, 2.24) is 5.32 Å². The molecule has 0 radical (unpaired) electrons. The zero-order chi connectivity index (χ0) is 15.6. The van der Waals surface area contributed by atoms with Gasteiger partial charge in [0.25, 0.3) is 0 Å². The molecule has 21 heavy (non-hydrogen) atoms. The number of hydrogen-bond donors (Lipinski definition) is 3. The molecule has 1 aromatic carbocycles. The van der Waals surface area contributed by atoms with E-state index in [-0.39, 0.29) is 22.8 Å². The van der Waals surface area contributed by atoms with Crippen LogP contribution >= 0.6 is 0 Å². The summed E-state index contributed by atoms with van der Waals surface area (Å²) in [5, 5.41) is 10.9. The largest absolute Gasteiger partial charge is 0.379 e. The van der Waals surface area contributed by atoms with Gasteiger partial charge in [0, 0.05) is 11.7 Å². The number of primary sulfonamides is 1. The molecular weight excluding hydrogens is 294 g/mol. The number of ether oxygens (including phenoxy) is 1. The van der Waals surface area contributed by atoms with Gasteiger partial charge in [-0.05, 0) is 31.7 Å². The van der Waals surface area contributed by atoms with E-state index in [1.807, 2.05) is 0 Å². The average molecular weight is 313 g/mol. The number of hydrogen-bond acceptors (Lipinski definition) is 5. The molecule has 1 aliphatic rings. The average Bonchev–Trinajstić information content (AvgIpc) is 2.88. The highest BCUT2D eigenvalue weighted by Crippen LogP contribution is 2.23. The molecule has 2 rings (SSSR count). The number of sulfonamides is 1. The van der Waals surface area contributed by atoms with Crippen molar-refractivity contribution in [3.05, 3.63) is 23.8 Å². The molecular formula is C13H19N3O4S.